The van der Waals surface area contributed by atoms with Crippen molar-refractivity contribution in [1.29, 1.82) is 0 Å². The van der Waals surface area contributed by atoms with E-state index in [1.807, 2.05) is 37.3 Å². The van der Waals surface area contributed by atoms with Crippen LogP contribution in [0.1, 0.15) is 15.9 Å². The maximum Gasteiger partial charge on any atom is 0.335 e. The molecule has 2 aromatic carbocycles. The van der Waals surface area contributed by atoms with E-state index in [9.17, 15) is 4.79 Å². The maximum absolute atomic E-state index is 11.0. The van der Waals surface area contributed by atoms with Gasteiger partial charge in [0.2, 0.25) is 0 Å². The summed E-state index contributed by atoms with van der Waals surface area (Å²) in [5.41, 5.74) is 2.95. The van der Waals surface area contributed by atoms with E-state index < -0.39 is 5.97 Å². The predicted molar refractivity (Wildman–Crippen MR) is 73.3 cm³/mol. The Hall–Kier alpha value is -2.55. The topological polar surface area (TPSA) is 50.4 Å². The largest absolute Gasteiger partial charge is 0.478 e. The van der Waals surface area contributed by atoms with E-state index in [-0.39, 0.29) is 5.56 Å². The highest BCUT2D eigenvalue weighted by Crippen LogP contribution is 2.29. The smallest absolute Gasteiger partial charge is 0.335 e. The van der Waals surface area contributed by atoms with Crippen molar-refractivity contribution in [2.45, 2.75) is 6.92 Å². The number of fused-ring (bicyclic) bond motifs is 1. The van der Waals surface area contributed by atoms with E-state index >= 15 is 0 Å². The fraction of sp³-hybridized carbons (Fsp3) is 0.0625. The van der Waals surface area contributed by atoms with E-state index in [4.69, 9.17) is 9.52 Å². The highest BCUT2D eigenvalue weighted by atomic mass is 16.4. The van der Waals surface area contributed by atoms with Crippen LogP contribution < -0.4 is 0 Å². The van der Waals surface area contributed by atoms with Crippen LogP contribution in [0.4, 0.5) is 0 Å². The number of aryl methyl sites for hydroxylation is 1. The minimum absolute atomic E-state index is 0.259. The van der Waals surface area contributed by atoms with Gasteiger partial charge in [-0.1, -0.05) is 30.3 Å². The molecule has 0 aliphatic heterocycles. The third kappa shape index (κ3) is 1.99. The van der Waals surface area contributed by atoms with E-state index in [1.165, 1.54) is 0 Å². The molecule has 0 unspecified atom stereocenters. The van der Waals surface area contributed by atoms with Crippen molar-refractivity contribution >= 4 is 16.9 Å². The van der Waals surface area contributed by atoms with Gasteiger partial charge in [0.25, 0.3) is 0 Å². The van der Waals surface area contributed by atoms with Crippen LogP contribution in [0.3, 0.4) is 0 Å². The van der Waals surface area contributed by atoms with Gasteiger partial charge in [0.1, 0.15) is 11.3 Å². The summed E-state index contributed by atoms with van der Waals surface area (Å²) in [6.07, 6.45) is 0. The van der Waals surface area contributed by atoms with Crippen LogP contribution in [-0.4, -0.2) is 11.1 Å². The maximum atomic E-state index is 11.0. The molecule has 0 saturated heterocycles. The summed E-state index contributed by atoms with van der Waals surface area (Å²) in [7, 11) is 0. The first kappa shape index (κ1) is 11.5. The lowest BCUT2D eigenvalue weighted by molar-refractivity contribution is 0.0697. The number of carboxylic acid groups (broad SMARTS) is 1. The summed E-state index contributed by atoms with van der Waals surface area (Å²) in [4.78, 5) is 11.0. The number of benzene rings is 2. The van der Waals surface area contributed by atoms with Crippen molar-refractivity contribution in [3.8, 4) is 11.3 Å². The molecule has 1 N–H and O–H groups in total. The molecule has 0 bridgehead atoms. The zero-order valence-electron chi connectivity index (χ0n) is 10.4. The highest BCUT2D eigenvalue weighted by Gasteiger charge is 2.10. The summed E-state index contributed by atoms with van der Waals surface area (Å²) < 4.78 is 5.83. The molecule has 94 valence electrons. The summed E-state index contributed by atoms with van der Waals surface area (Å²) >= 11 is 0. The van der Waals surface area contributed by atoms with E-state index in [0.29, 0.717) is 5.76 Å². The van der Waals surface area contributed by atoms with Crippen LogP contribution in [-0.2, 0) is 0 Å². The van der Waals surface area contributed by atoms with Gasteiger partial charge in [-0.3, -0.25) is 0 Å². The van der Waals surface area contributed by atoms with Gasteiger partial charge in [-0.25, -0.2) is 4.79 Å². The van der Waals surface area contributed by atoms with Crippen LogP contribution in [0, 0.1) is 6.92 Å². The molecule has 0 aliphatic carbocycles. The highest BCUT2D eigenvalue weighted by molar-refractivity contribution is 5.90. The van der Waals surface area contributed by atoms with Gasteiger partial charge in [0.05, 0.1) is 5.56 Å². The van der Waals surface area contributed by atoms with Crippen LogP contribution >= 0.6 is 0 Å². The second-order valence-electron chi connectivity index (χ2n) is 4.49. The second-order valence-corrected chi connectivity index (χ2v) is 4.49. The monoisotopic (exact) mass is 252 g/mol. The molecule has 0 amide bonds. The lowest BCUT2D eigenvalue weighted by atomic mass is 10.1. The lowest BCUT2D eigenvalue weighted by Crippen LogP contribution is -1.95. The number of carboxylic acids is 1. The number of rotatable bonds is 2. The Morgan fingerprint density at radius 3 is 2.63 bits per heavy atom. The molecule has 0 fully saturated rings. The van der Waals surface area contributed by atoms with Gasteiger partial charge in [-0.05, 0) is 30.7 Å². The predicted octanol–water partition coefficient (Wildman–Crippen LogP) is 4.11. The minimum Gasteiger partial charge on any atom is -0.478 e. The molecular formula is C16H12O3. The molecule has 0 saturated carbocycles. The Morgan fingerprint density at radius 2 is 1.89 bits per heavy atom. The average Bonchev–Trinajstić information content (AvgIpc) is 2.84. The third-order valence-electron chi connectivity index (χ3n) is 3.14. The number of furan rings is 1. The molecule has 3 rings (SSSR count). The van der Waals surface area contributed by atoms with Gasteiger partial charge in [0, 0.05) is 10.9 Å². The summed E-state index contributed by atoms with van der Waals surface area (Å²) in [5, 5.41) is 10.0. The Kier molecular flexibility index (Phi) is 2.60. The van der Waals surface area contributed by atoms with Crippen molar-refractivity contribution < 1.29 is 14.3 Å². The first-order valence-corrected chi connectivity index (χ1v) is 5.98. The first-order valence-electron chi connectivity index (χ1n) is 5.98. The number of hydrogen-bond donors (Lipinski definition) is 1. The van der Waals surface area contributed by atoms with Gasteiger partial charge in [-0.15, -0.1) is 0 Å². The van der Waals surface area contributed by atoms with Gasteiger partial charge >= 0.3 is 5.97 Å². The second kappa shape index (κ2) is 4.28. The van der Waals surface area contributed by atoms with Crippen molar-refractivity contribution in [3.63, 3.8) is 0 Å². The third-order valence-corrected chi connectivity index (χ3v) is 3.14. The van der Waals surface area contributed by atoms with Crippen LogP contribution in [0.2, 0.25) is 0 Å². The molecule has 0 radical (unpaired) electrons. The SMILES string of the molecule is Cc1cccc2cc(-c3cccc(C(=O)O)c3)oc12. The molecule has 19 heavy (non-hydrogen) atoms. The van der Waals surface area contributed by atoms with Crippen molar-refractivity contribution in [3.05, 3.63) is 59.7 Å². The Bertz CT molecular complexity index is 769. The fourth-order valence-corrected chi connectivity index (χ4v) is 2.16. The number of hydrogen-bond acceptors (Lipinski definition) is 2. The van der Waals surface area contributed by atoms with Crippen molar-refractivity contribution in [2.75, 3.05) is 0 Å². The Balaban J connectivity index is 2.16. The summed E-state index contributed by atoms with van der Waals surface area (Å²) in [6, 6.07) is 14.6. The first-order chi connectivity index (χ1) is 9.15. The molecule has 3 nitrogen and oxygen atoms in total. The molecule has 3 heteroatoms. The quantitative estimate of drug-likeness (QED) is 0.746. The van der Waals surface area contributed by atoms with Gasteiger partial charge < -0.3 is 9.52 Å². The number of carbonyl (C=O) groups is 1. The van der Waals surface area contributed by atoms with Gasteiger partial charge in [0.15, 0.2) is 0 Å². The molecule has 0 aliphatic rings. The number of para-hydroxylation sites is 1. The van der Waals surface area contributed by atoms with Crippen LogP contribution in [0.25, 0.3) is 22.3 Å². The molecule has 0 atom stereocenters. The summed E-state index contributed by atoms with van der Waals surface area (Å²) in [6.45, 7) is 1.99. The van der Waals surface area contributed by atoms with E-state index in [1.54, 1.807) is 18.2 Å². The van der Waals surface area contributed by atoms with Crippen molar-refractivity contribution in [1.82, 2.24) is 0 Å². The standard InChI is InChI=1S/C16H12O3/c1-10-4-2-6-12-9-14(19-15(10)12)11-5-3-7-13(8-11)16(17)18/h2-9H,1H3,(H,17,18). The normalized spacial score (nSPS) is 10.8. The van der Waals surface area contributed by atoms with E-state index in [0.717, 1.165) is 22.1 Å². The van der Waals surface area contributed by atoms with Crippen LogP contribution in [0.5, 0.6) is 0 Å². The molecule has 0 spiro atoms. The number of aromatic carboxylic acids is 1. The Morgan fingerprint density at radius 1 is 1.11 bits per heavy atom. The fourth-order valence-electron chi connectivity index (χ4n) is 2.16. The van der Waals surface area contributed by atoms with E-state index in [2.05, 4.69) is 0 Å². The zero-order chi connectivity index (χ0) is 13.4. The zero-order valence-corrected chi connectivity index (χ0v) is 10.4. The van der Waals surface area contributed by atoms with Crippen LogP contribution in [0.15, 0.2) is 52.9 Å². The molecule has 3 aromatic rings. The van der Waals surface area contributed by atoms with Crippen molar-refractivity contribution in [2.24, 2.45) is 0 Å². The minimum atomic E-state index is -0.936. The van der Waals surface area contributed by atoms with Gasteiger partial charge in [-0.2, -0.15) is 0 Å². The average molecular weight is 252 g/mol. The molecule has 1 heterocycles. The summed E-state index contributed by atoms with van der Waals surface area (Å²) in [5.74, 6) is -0.249. The Labute approximate surface area is 110 Å². The lowest BCUT2D eigenvalue weighted by Gasteiger charge is -1.98. The molecular weight excluding hydrogens is 240 g/mol. The molecule has 1 aromatic heterocycles.